The number of aromatic nitrogens is 6. The number of hydrogen-bond acceptors (Lipinski definition) is 3. The lowest BCUT2D eigenvalue weighted by Gasteiger charge is -2.33. The maximum Gasteiger partial charge on any atom is 0.220 e. The summed E-state index contributed by atoms with van der Waals surface area (Å²) in [7, 11) is -4.97. The lowest BCUT2D eigenvalue weighted by atomic mass is 10.2. The van der Waals surface area contributed by atoms with E-state index in [4.69, 9.17) is 22.9 Å². The van der Waals surface area contributed by atoms with Crippen molar-refractivity contribution in [3.63, 3.8) is 0 Å². The van der Waals surface area contributed by atoms with Crippen LogP contribution in [0.4, 0.5) is 0 Å². The number of imidazole rings is 4. The van der Waals surface area contributed by atoms with Crippen molar-refractivity contribution in [3.8, 4) is 22.9 Å². The van der Waals surface area contributed by atoms with Gasteiger partial charge >= 0.3 is 0 Å². The molecule has 11 rings (SSSR count). The van der Waals surface area contributed by atoms with Crippen LogP contribution < -0.4 is 15.1 Å². The van der Waals surface area contributed by atoms with Crippen molar-refractivity contribution in [2.75, 3.05) is 0 Å². The molecule has 0 saturated heterocycles. The first-order valence-electron chi connectivity index (χ1n) is 22.1. The van der Waals surface area contributed by atoms with E-state index in [0.29, 0.717) is 56.0 Å². The fraction of sp³-hybridized carbons (Fsp3) is 0.0952. The van der Waals surface area contributed by atoms with Gasteiger partial charge in [-0.2, -0.15) is 0 Å². The minimum Gasteiger partial charge on any atom is -0.458 e. The van der Waals surface area contributed by atoms with E-state index in [-0.39, 0.29) is 44.0 Å². The monoisotopic (exact) mass is 676 g/mol. The van der Waals surface area contributed by atoms with E-state index in [0.717, 1.165) is 0 Å². The summed E-state index contributed by atoms with van der Waals surface area (Å²) in [6.45, 7) is -11.0. The Bertz CT molecular complexity index is 3300. The molecule has 1 aliphatic rings. The number of hydrogen-bond donors (Lipinski definition) is 0. The van der Waals surface area contributed by atoms with E-state index in [1.807, 2.05) is 57.3 Å². The fourth-order valence-corrected chi connectivity index (χ4v) is 9.73. The lowest BCUT2D eigenvalue weighted by molar-refractivity contribution is 0.486. The normalized spacial score (nSPS) is 18.5. The summed E-state index contributed by atoms with van der Waals surface area (Å²) in [6.07, 6.45) is 0. The van der Waals surface area contributed by atoms with Gasteiger partial charge in [0.1, 0.15) is 19.6 Å². The summed E-state index contributed by atoms with van der Waals surface area (Å²) >= 11 is 0. The van der Waals surface area contributed by atoms with E-state index in [9.17, 15) is 8.22 Å². The molecule has 4 aromatic heterocycles. The summed E-state index contributed by atoms with van der Waals surface area (Å²) in [5.74, 6) is 0.905. The van der Waals surface area contributed by atoms with Gasteiger partial charge in [-0.1, -0.05) is 61.5 Å². The molecule has 0 atom stereocenters. The third-order valence-electron chi connectivity index (χ3n) is 9.93. The Labute approximate surface area is 305 Å². The van der Waals surface area contributed by atoms with Crippen LogP contribution in [0.1, 0.15) is 27.6 Å². The van der Waals surface area contributed by atoms with Crippen molar-refractivity contribution >= 4 is 74.1 Å². The highest BCUT2D eigenvalue weighted by Gasteiger charge is 2.37. The maximum absolute atomic E-state index is 9.24. The standard InChI is InChI=1S/C42H32N6OSi/c1-25-11-9-17-33-39(25)43-41-45(29-13-5-7-15-31(29)47(33)41)27-19-21-35-37(23-27)50(3,4)38-24-28(20-22-36(38)49-35)46-30-14-6-8-16-32(30)48-34-18-10-12-26(2)40(34)44-42(46)48/h5-24H,1-4H3/i1D3,2D3,3D3,4D3. The van der Waals surface area contributed by atoms with Gasteiger partial charge < -0.3 is 4.74 Å². The molecule has 50 heavy (non-hydrogen) atoms. The van der Waals surface area contributed by atoms with E-state index < -0.39 is 34.7 Å². The second-order valence-corrected chi connectivity index (χ2v) is 15.3. The van der Waals surface area contributed by atoms with Gasteiger partial charge in [0.05, 0.1) is 44.1 Å². The zero-order valence-electron chi connectivity index (χ0n) is 38.1. The Balaban J connectivity index is 1.19. The van der Waals surface area contributed by atoms with Gasteiger partial charge in [0.25, 0.3) is 0 Å². The Morgan fingerprint density at radius 3 is 1.44 bits per heavy atom. The molecule has 5 heterocycles. The maximum atomic E-state index is 9.24. The Morgan fingerprint density at radius 2 is 0.980 bits per heavy atom. The Kier molecular flexibility index (Phi) is 3.54. The van der Waals surface area contributed by atoms with Crippen LogP contribution in [0.5, 0.6) is 11.5 Å². The van der Waals surface area contributed by atoms with Gasteiger partial charge in [-0.25, -0.2) is 9.97 Å². The third-order valence-corrected chi connectivity index (χ3v) is 12.3. The van der Waals surface area contributed by atoms with Crippen molar-refractivity contribution in [2.45, 2.75) is 26.7 Å². The first-order chi connectivity index (χ1) is 29.3. The molecular weight excluding hydrogens is 633 g/mol. The predicted octanol–water partition coefficient (Wildman–Crippen LogP) is 8.72. The molecule has 0 bridgehead atoms. The van der Waals surface area contributed by atoms with E-state index in [1.165, 1.54) is 12.1 Å². The highest BCUT2D eigenvalue weighted by molar-refractivity contribution is 7.01. The predicted molar refractivity (Wildman–Crippen MR) is 205 cm³/mol. The summed E-state index contributed by atoms with van der Waals surface area (Å²) in [5, 5.41) is 0.0671. The number of para-hydroxylation sites is 6. The molecule has 0 amide bonds. The molecule has 10 aromatic rings. The molecule has 0 aliphatic carbocycles. The highest BCUT2D eigenvalue weighted by Crippen LogP contribution is 2.36. The summed E-state index contributed by atoms with van der Waals surface area (Å²) in [6, 6.07) is 34.6. The van der Waals surface area contributed by atoms with Crippen molar-refractivity contribution < 1.29 is 21.2 Å². The molecule has 1 aliphatic heterocycles. The van der Waals surface area contributed by atoms with Gasteiger partial charge in [-0.15, -0.1) is 0 Å². The lowest BCUT2D eigenvalue weighted by Crippen LogP contribution is -2.56. The average molecular weight is 677 g/mol. The van der Waals surface area contributed by atoms with Gasteiger partial charge in [0, 0.05) is 27.8 Å². The quantitative estimate of drug-likeness (QED) is 0.172. The molecule has 0 fully saturated rings. The topological polar surface area (TPSA) is 53.7 Å². The molecule has 7 nitrogen and oxygen atoms in total. The molecule has 0 N–H and O–H groups in total. The van der Waals surface area contributed by atoms with Crippen LogP contribution in [-0.4, -0.2) is 36.0 Å². The van der Waals surface area contributed by atoms with Crippen LogP contribution in [0.15, 0.2) is 121 Å². The number of ether oxygens (including phenoxy) is 1. The van der Waals surface area contributed by atoms with Crippen molar-refractivity contribution in [1.82, 2.24) is 27.9 Å². The zero-order chi connectivity index (χ0) is 43.5. The average Bonchev–Trinajstić information content (AvgIpc) is 3.94. The minimum atomic E-state index is -4.97. The Hall–Kier alpha value is -6.12. The summed E-state index contributed by atoms with van der Waals surface area (Å²) < 4.78 is 118. The molecule has 0 saturated carbocycles. The van der Waals surface area contributed by atoms with E-state index in [2.05, 4.69) is 0 Å². The zero-order valence-corrected chi connectivity index (χ0v) is 27.1. The van der Waals surface area contributed by atoms with Crippen LogP contribution in [0, 0.1) is 13.7 Å². The molecule has 8 heteroatoms. The largest absolute Gasteiger partial charge is 0.458 e. The fourth-order valence-electron chi connectivity index (χ4n) is 7.70. The SMILES string of the molecule is [2H]C([2H])([2H])c1cccc2c1nc1n(-c3ccc4c(c3)[Si](C([2H])([2H])[2H])(C([2H])([2H])[2H])c3cc(-n5c6ccccc6n6c7cccc(C([2H])([2H])[2H])c7nc56)ccc3O4)c3ccccc3n21. The Morgan fingerprint density at radius 1 is 0.520 bits per heavy atom. The molecule has 240 valence electrons. The van der Waals surface area contributed by atoms with Crippen LogP contribution in [-0.2, 0) is 0 Å². The van der Waals surface area contributed by atoms with Crippen molar-refractivity contribution in [1.29, 1.82) is 0 Å². The van der Waals surface area contributed by atoms with Crippen LogP contribution in [0.3, 0.4) is 0 Å². The van der Waals surface area contributed by atoms with Crippen LogP contribution in [0.2, 0.25) is 13.0 Å². The van der Waals surface area contributed by atoms with E-state index >= 15 is 0 Å². The molecule has 0 spiro atoms. The number of rotatable bonds is 2. The molecule has 0 radical (unpaired) electrons. The van der Waals surface area contributed by atoms with Gasteiger partial charge in [0.15, 0.2) is 0 Å². The molecule has 0 unspecified atom stereocenters. The minimum absolute atomic E-state index is 0.0336. The smallest absolute Gasteiger partial charge is 0.220 e. The number of nitrogens with zero attached hydrogens (tertiary/aromatic N) is 6. The number of aryl methyl sites for hydroxylation is 2. The van der Waals surface area contributed by atoms with Crippen molar-refractivity contribution in [2.24, 2.45) is 0 Å². The second-order valence-electron chi connectivity index (χ2n) is 12.7. The molecule has 6 aromatic carbocycles. The van der Waals surface area contributed by atoms with Gasteiger partial charge in [0.2, 0.25) is 11.6 Å². The van der Waals surface area contributed by atoms with Crippen LogP contribution >= 0.6 is 0 Å². The van der Waals surface area contributed by atoms with E-state index in [1.54, 1.807) is 69.8 Å². The highest BCUT2D eigenvalue weighted by atomic mass is 28.3. The summed E-state index contributed by atoms with van der Waals surface area (Å²) in [4.78, 5) is 9.77. The van der Waals surface area contributed by atoms with Gasteiger partial charge in [-0.05, 0) is 108 Å². The first kappa shape index (κ1) is 18.6. The van der Waals surface area contributed by atoms with Gasteiger partial charge in [-0.3, -0.25) is 17.9 Å². The van der Waals surface area contributed by atoms with Crippen molar-refractivity contribution in [3.05, 3.63) is 132 Å². The number of benzene rings is 6. The second kappa shape index (κ2) is 9.52. The third kappa shape index (κ3) is 3.48. The summed E-state index contributed by atoms with van der Waals surface area (Å²) in [5.41, 5.74) is 5.39. The first-order valence-corrected chi connectivity index (χ1v) is 18.1. The number of fused-ring (bicyclic) bond motifs is 12. The molecular formula is C42H32N6OSi. The van der Waals surface area contributed by atoms with Crippen LogP contribution in [0.25, 0.3) is 67.1 Å².